The SMILES string of the molecule is Clc1cc2c(c(CC3CCCN3)c1)OCOC2. The van der Waals surface area contributed by atoms with Crippen molar-refractivity contribution in [3.8, 4) is 5.75 Å². The molecule has 0 spiro atoms. The highest BCUT2D eigenvalue weighted by molar-refractivity contribution is 6.30. The van der Waals surface area contributed by atoms with Crippen LogP contribution in [-0.4, -0.2) is 19.4 Å². The summed E-state index contributed by atoms with van der Waals surface area (Å²) in [6, 6.07) is 4.51. The highest BCUT2D eigenvalue weighted by Gasteiger charge is 2.21. The minimum Gasteiger partial charge on any atom is -0.467 e. The molecule has 1 aromatic carbocycles. The van der Waals surface area contributed by atoms with Gasteiger partial charge in [-0.1, -0.05) is 11.6 Å². The van der Waals surface area contributed by atoms with E-state index in [4.69, 9.17) is 21.1 Å². The first kappa shape index (κ1) is 11.3. The van der Waals surface area contributed by atoms with Crippen LogP contribution in [0.4, 0.5) is 0 Å². The van der Waals surface area contributed by atoms with Crippen LogP contribution in [-0.2, 0) is 17.8 Å². The minimum absolute atomic E-state index is 0.347. The smallest absolute Gasteiger partial charge is 0.189 e. The van der Waals surface area contributed by atoms with Gasteiger partial charge in [0, 0.05) is 16.6 Å². The Bertz CT molecular complexity index is 416. The zero-order chi connectivity index (χ0) is 11.7. The summed E-state index contributed by atoms with van der Waals surface area (Å²) in [5.74, 6) is 0.981. The Labute approximate surface area is 106 Å². The molecule has 0 bridgehead atoms. The summed E-state index contributed by atoms with van der Waals surface area (Å²) in [5.41, 5.74) is 2.27. The normalized spacial score (nSPS) is 23.2. The molecule has 1 fully saturated rings. The van der Waals surface area contributed by atoms with Gasteiger partial charge in [-0.05, 0) is 43.5 Å². The Kier molecular flexibility index (Phi) is 3.23. The highest BCUT2D eigenvalue weighted by Crippen LogP contribution is 2.33. The summed E-state index contributed by atoms with van der Waals surface area (Å²) in [6.45, 7) is 2.07. The molecule has 92 valence electrons. The highest BCUT2D eigenvalue weighted by atomic mass is 35.5. The van der Waals surface area contributed by atoms with E-state index in [0.29, 0.717) is 19.4 Å². The van der Waals surface area contributed by atoms with Crippen LogP contribution in [0.2, 0.25) is 5.02 Å². The Morgan fingerprint density at radius 2 is 2.35 bits per heavy atom. The van der Waals surface area contributed by atoms with Gasteiger partial charge in [0.15, 0.2) is 6.79 Å². The molecule has 3 rings (SSSR count). The maximum absolute atomic E-state index is 6.14. The van der Waals surface area contributed by atoms with Crippen LogP contribution in [0.25, 0.3) is 0 Å². The molecule has 0 aromatic heterocycles. The van der Waals surface area contributed by atoms with Crippen molar-refractivity contribution in [1.29, 1.82) is 0 Å². The minimum atomic E-state index is 0.347. The van der Waals surface area contributed by atoms with Crippen molar-refractivity contribution in [2.45, 2.75) is 31.9 Å². The summed E-state index contributed by atoms with van der Waals surface area (Å²) < 4.78 is 10.9. The second-order valence-electron chi connectivity index (χ2n) is 4.66. The van der Waals surface area contributed by atoms with E-state index in [1.807, 2.05) is 12.1 Å². The number of ether oxygens (including phenoxy) is 2. The van der Waals surface area contributed by atoms with Crippen molar-refractivity contribution < 1.29 is 9.47 Å². The van der Waals surface area contributed by atoms with Gasteiger partial charge in [0.2, 0.25) is 0 Å². The first-order valence-electron chi connectivity index (χ1n) is 6.08. The van der Waals surface area contributed by atoms with E-state index in [2.05, 4.69) is 5.32 Å². The zero-order valence-corrected chi connectivity index (χ0v) is 10.4. The predicted molar refractivity (Wildman–Crippen MR) is 66.5 cm³/mol. The van der Waals surface area contributed by atoms with Crippen LogP contribution in [0.3, 0.4) is 0 Å². The lowest BCUT2D eigenvalue weighted by Crippen LogP contribution is -2.24. The molecular formula is C13H16ClNO2. The fraction of sp³-hybridized carbons (Fsp3) is 0.538. The molecule has 1 N–H and O–H groups in total. The Hall–Kier alpha value is -0.770. The third-order valence-corrected chi connectivity index (χ3v) is 3.60. The van der Waals surface area contributed by atoms with Crippen LogP contribution < -0.4 is 10.1 Å². The second kappa shape index (κ2) is 4.84. The van der Waals surface area contributed by atoms with Gasteiger partial charge in [0.25, 0.3) is 0 Å². The lowest BCUT2D eigenvalue weighted by molar-refractivity contribution is -0.0170. The molecule has 1 aromatic rings. The van der Waals surface area contributed by atoms with E-state index in [0.717, 1.165) is 29.3 Å². The molecule has 2 aliphatic rings. The van der Waals surface area contributed by atoms with E-state index in [9.17, 15) is 0 Å². The molecule has 4 heteroatoms. The average Bonchev–Trinajstić information content (AvgIpc) is 2.81. The van der Waals surface area contributed by atoms with Gasteiger partial charge in [-0.3, -0.25) is 0 Å². The number of halogens is 1. The summed E-state index contributed by atoms with van der Waals surface area (Å²) in [4.78, 5) is 0. The molecule has 2 aliphatic heterocycles. The lowest BCUT2D eigenvalue weighted by Gasteiger charge is -2.22. The Balaban J connectivity index is 1.88. The fourth-order valence-electron chi connectivity index (χ4n) is 2.60. The van der Waals surface area contributed by atoms with Gasteiger partial charge in [-0.2, -0.15) is 0 Å². The Morgan fingerprint density at radius 3 is 3.18 bits per heavy atom. The van der Waals surface area contributed by atoms with Crippen LogP contribution in [0.15, 0.2) is 12.1 Å². The van der Waals surface area contributed by atoms with Crippen molar-refractivity contribution in [2.24, 2.45) is 0 Å². The summed E-state index contributed by atoms with van der Waals surface area (Å²) in [7, 11) is 0. The fourth-order valence-corrected chi connectivity index (χ4v) is 2.87. The van der Waals surface area contributed by atoms with Gasteiger partial charge >= 0.3 is 0 Å². The van der Waals surface area contributed by atoms with E-state index < -0.39 is 0 Å². The van der Waals surface area contributed by atoms with E-state index in [1.165, 1.54) is 18.4 Å². The number of benzene rings is 1. The molecule has 1 unspecified atom stereocenters. The molecular weight excluding hydrogens is 238 g/mol. The standard InChI is InChI=1S/C13H16ClNO2/c14-11-4-9(6-12-2-1-3-15-12)13-10(5-11)7-16-8-17-13/h4-5,12,15H,1-3,6-8H2. The van der Waals surface area contributed by atoms with E-state index in [-0.39, 0.29) is 0 Å². The van der Waals surface area contributed by atoms with Crippen LogP contribution in [0.5, 0.6) is 5.75 Å². The summed E-state index contributed by atoms with van der Waals surface area (Å²) in [6.07, 6.45) is 3.48. The molecule has 17 heavy (non-hydrogen) atoms. The first-order valence-corrected chi connectivity index (χ1v) is 6.46. The number of fused-ring (bicyclic) bond motifs is 1. The average molecular weight is 254 g/mol. The largest absolute Gasteiger partial charge is 0.467 e. The maximum Gasteiger partial charge on any atom is 0.189 e. The third-order valence-electron chi connectivity index (χ3n) is 3.38. The van der Waals surface area contributed by atoms with Gasteiger partial charge in [0.1, 0.15) is 5.75 Å². The van der Waals surface area contributed by atoms with Crippen molar-refractivity contribution in [1.82, 2.24) is 5.32 Å². The van der Waals surface area contributed by atoms with Crippen LogP contribution >= 0.6 is 11.6 Å². The number of rotatable bonds is 2. The molecule has 0 amide bonds. The molecule has 1 saturated heterocycles. The number of hydrogen-bond acceptors (Lipinski definition) is 3. The molecule has 0 radical (unpaired) electrons. The van der Waals surface area contributed by atoms with Crippen molar-refractivity contribution in [3.05, 3.63) is 28.3 Å². The van der Waals surface area contributed by atoms with Gasteiger partial charge in [0.05, 0.1) is 6.61 Å². The second-order valence-corrected chi connectivity index (χ2v) is 5.10. The molecule has 1 atom stereocenters. The third kappa shape index (κ3) is 2.41. The zero-order valence-electron chi connectivity index (χ0n) is 9.67. The van der Waals surface area contributed by atoms with Gasteiger partial charge in [-0.15, -0.1) is 0 Å². The Morgan fingerprint density at radius 1 is 1.41 bits per heavy atom. The number of hydrogen-bond donors (Lipinski definition) is 1. The topological polar surface area (TPSA) is 30.5 Å². The van der Waals surface area contributed by atoms with E-state index >= 15 is 0 Å². The summed E-state index contributed by atoms with van der Waals surface area (Å²) in [5, 5.41) is 4.27. The summed E-state index contributed by atoms with van der Waals surface area (Å²) >= 11 is 6.14. The van der Waals surface area contributed by atoms with Crippen molar-refractivity contribution >= 4 is 11.6 Å². The first-order chi connectivity index (χ1) is 8.33. The van der Waals surface area contributed by atoms with Crippen molar-refractivity contribution in [3.63, 3.8) is 0 Å². The maximum atomic E-state index is 6.14. The van der Waals surface area contributed by atoms with Crippen LogP contribution in [0.1, 0.15) is 24.0 Å². The number of nitrogens with one attached hydrogen (secondary N) is 1. The van der Waals surface area contributed by atoms with E-state index in [1.54, 1.807) is 0 Å². The van der Waals surface area contributed by atoms with Crippen LogP contribution in [0, 0.1) is 0 Å². The van der Waals surface area contributed by atoms with Gasteiger partial charge in [-0.25, -0.2) is 0 Å². The molecule has 2 heterocycles. The molecule has 0 aliphatic carbocycles. The molecule has 0 saturated carbocycles. The quantitative estimate of drug-likeness (QED) is 0.879. The van der Waals surface area contributed by atoms with Crippen molar-refractivity contribution in [2.75, 3.05) is 13.3 Å². The molecule has 3 nitrogen and oxygen atoms in total. The predicted octanol–water partition coefficient (Wildman–Crippen LogP) is 2.50. The van der Waals surface area contributed by atoms with Gasteiger partial charge < -0.3 is 14.8 Å². The lowest BCUT2D eigenvalue weighted by atomic mass is 10.0. The monoisotopic (exact) mass is 253 g/mol.